The summed E-state index contributed by atoms with van der Waals surface area (Å²) < 4.78 is 1.57. The first kappa shape index (κ1) is 13.3. The van der Waals surface area contributed by atoms with Gasteiger partial charge in [0.25, 0.3) is 5.56 Å². The molecule has 3 aromatic rings. The minimum absolute atomic E-state index is 0.220. The van der Waals surface area contributed by atoms with E-state index >= 15 is 0 Å². The average molecular weight is 313 g/mol. The summed E-state index contributed by atoms with van der Waals surface area (Å²) in [6, 6.07) is 7.39. The maximum absolute atomic E-state index is 12.2. The van der Waals surface area contributed by atoms with Crippen LogP contribution >= 0.6 is 11.6 Å². The van der Waals surface area contributed by atoms with Gasteiger partial charge >= 0.3 is 0 Å². The molecule has 0 bridgehead atoms. The van der Waals surface area contributed by atoms with Crippen LogP contribution < -0.4 is 16.3 Å². The predicted molar refractivity (Wildman–Crippen MR) is 85.3 cm³/mol. The third-order valence-corrected chi connectivity index (χ3v) is 4.13. The normalized spacial score (nSPS) is 14.9. The van der Waals surface area contributed by atoms with Crippen molar-refractivity contribution in [2.75, 3.05) is 0 Å². The highest BCUT2D eigenvalue weighted by Gasteiger charge is 2.10. The summed E-state index contributed by atoms with van der Waals surface area (Å²) in [6.07, 6.45) is 6.75. The monoisotopic (exact) mass is 312 g/mol. The highest BCUT2D eigenvalue weighted by atomic mass is 35.5. The molecule has 1 N–H and O–H groups in total. The molecule has 1 aromatic carbocycles. The quantitative estimate of drug-likeness (QED) is 0.729. The molecule has 2 aromatic heterocycles. The van der Waals surface area contributed by atoms with Gasteiger partial charge in [-0.2, -0.15) is 9.61 Å². The number of rotatable bonds is 1. The van der Waals surface area contributed by atoms with Gasteiger partial charge < -0.3 is 0 Å². The van der Waals surface area contributed by atoms with Gasteiger partial charge in [0.2, 0.25) is 5.78 Å². The third-order valence-electron chi connectivity index (χ3n) is 3.78. The van der Waals surface area contributed by atoms with E-state index in [4.69, 9.17) is 11.6 Å². The Balaban J connectivity index is 2.05. The second-order valence-electron chi connectivity index (χ2n) is 5.28. The van der Waals surface area contributed by atoms with Crippen molar-refractivity contribution in [3.8, 4) is 0 Å². The first-order chi connectivity index (χ1) is 10.7. The van der Waals surface area contributed by atoms with Crippen molar-refractivity contribution in [3.05, 3.63) is 61.6 Å². The Morgan fingerprint density at radius 2 is 2.18 bits per heavy atom. The van der Waals surface area contributed by atoms with Gasteiger partial charge in [-0.1, -0.05) is 35.9 Å². The summed E-state index contributed by atoms with van der Waals surface area (Å²) in [5.74, 6) is 0.459. The molecule has 0 fully saturated rings. The van der Waals surface area contributed by atoms with Crippen LogP contribution in [0.4, 0.5) is 0 Å². The van der Waals surface area contributed by atoms with Crippen LogP contribution in [0.5, 0.6) is 0 Å². The zero-order chi connectivity index (χ0) is 15.1. The van der Waals surface area contributed by atoms with E-state index in [-0.39, 0.29) is 5.56 Å². The number of hydrogen-bond donors (Lipinski definition) is 1. The molecule has 0 aliphatic heterocycles. The van der Waals surface area contributed by atoms with Crippen LogP contribution in [0.1, 0.15) is 24.1 Å². The average Bonchev–Trinajstić information content (AvgIpc) is 2.82. The number of benzene rings is 1. The van der Waals surface area contributed by atoms with E-state index in [1.165, 1.54) is 0 Å². The first-order valence-electron chi connectivity index (χ1n) is 7.17. The summed E-state index contributed by atoms with van der Waals surface area (Å²) >= 11 is 6.17. The minimum Gasteiger partial charge on any atom is -0.289 e. The number of imidazole rings is 1. The number of aromatic amines is 1. The van der Waals surface area contributed by atoms with Crippen molar-refractivity contribution in [1.82, 2.24) is 19.6 Å². The van der Waals surface area contributed by atoms with E-state index in [2.05, 4.69) is 21.1 Å². The number of nitrogens with zero attached hydrogens (tertiary/aromatic N) is 3. The van der Waals surface area contributed by atoms with Gasteiger partial charge in [0.05, 0.1) is 11.0 Å². The Bertz CT molecular complexity index is 1050. The van der Waals surface area contributed by atoms with Crippen molar-refractivity contribution in [2.45, 2.75) is 19.3 Å². The molecule has 0 amide bonds. The molecule has 22 heavy (non-hydrogen) atoms. The van der Waals surface area contributed by atoms with Gasteiger partial charge in [0.15, 0.2) is 0 Å². The number of hydrogen-bond acceptors (Lipinski definition) is 3. The summed E-state index contributed by atoms with van der Waals surface area (Å²) in [6.45, 7) is 0. The lowest BCUT2D eigenvalue weighted by atomic mass is 10.1. The number of aryl methyl sites for hydroxylation is 1. The number of nitrogens with one attached hydrogen (secondary N) is 1. The lowest BCUT2D eigenvalue weighted by molar-refractivity contribution is 0.730. The third kappa shape index (κ3) is 2.14. The highest BCUT2D eigenvalue weighted by molar-refractivity contribution is 6.32. The maximum Gasteiger partial charge on any atom is 0.276 e. The number of halogens is 1. The van der Waals surface area contributed by atoms with Gasteiger partial charge in [-0.3, -0.25) is 9.78 Å². The fourth-order valence-electron chi connectivity index (χ4n) is 2.67. The molecule has 1 aliphatic carbocycles. The highest BCUT2D eigenvalue weighted by Crippen LogP contribution is 2.14. The molecule has 0 spiro atoms. The fourth-order valence-corrected chi connectivity index (χ4v) is 2.86. The van der Waals surface area contributed by atoms with Crippen molar-refractivity contribution in [2.24, 2.45) is 0 Å². The molecule has 4 rings (SSSR count). The van der Waals surface area contributed by atoms with Crippen molar-refractivity contribution in [3.63, 3.8) is 0 Å². The van der Waals surface area contributed by atoms with Crippen LogP contribution in [0.2, 0.25) is 5.02 Å². The van der Waals surface area contributed by atoms with E-state index in [9.17, 15) is 4.79 Å². The van der Waals surface area contributed by atoms with Crippen molar-refractivity contribution >= 4 is 29.5 Å². The summed E-state index contributed by atoms with van der Waals surface area (Å²) in [5.41, 5.74) is 1.49. The molecule has 2 heterocycles. The summed E-state index contributed by atoms with van der Waals surface area (Å²) in [5, 5.41) is 6.48. The Kier molecular flexibility index (Phi) is 3.08. The molecule has 0 atom stereocenters. The van der Waals surface area contributed by atoms with Crippen molar-refractivity contribution in [1.29, 1.82) is 0 Å². The number of fused-ring (bicyclic) bond motifs is 2. The lowest BCUT2D eigenvalue weighted by Crippen LogP contribution is -2.30. The standard InChI is InChI=1S/C16H13ClN4O/c17-11-6-2-1-5-10(11)9-14-15(22)19-16-18-12-7-3-4-8-13(12)20-21(14)16/h1-2,5-7,9H,3-4,8H2,(H,18,19,22)/b14-9+. The molecular formula is C16H13ClN4O. The van der Waals surface area contributed by atoms with Crippen molar-refractivity contribution < 1.29 is 0 Å². The number of aromatic nitrogens is 4. The molecule has 0 saturated carbocycles. The van der Waals surface area contributed by atoms with Gasteiger partial charge in [0.1, 0.15) is 5.35 Å². The van der Waals surface area contributed by atoms with Gasteiger partial charge in [-0.05, 0) is 37.0 Å². The van der Waals surface area contributed by atoms with Crippen LogP contribution in [-0.2, 0) is 6.42 Å². The van der Waals surface area contributed by atoms with Crippen LogP contribution in [0.3, 0.4) is 0 Å². The molecule has 0 radical (unpaired) electrons. The van der Waals surface area contributed by atoms with E-state index in [0.717, 1.165) is 35.9 Å². The van der Waals surface area contributed by atoms with E-state index < -0.39 is 0 Å². The number of H-pyrrole nitrogens is 1. The van der Waals surface area contributed by atoms with Crippen LogP contribution in [0.25, 0.3) is 17.9 Å². The molecule has 1 aliphatic rings. The van der Waals surface area contributed by atoms with Crippen LogP contribution in [0, 0.1) is 0 Å². The van der Waals surface area contributed by atoms with Crippen LogP contribution in [0.15, 0.2) is 29.1 Å². The Hall–Kier alpha value is -2.40. The molecule has 0 unspecified atom stereocenters. The topological polar surface area (TPSA) is 63.0 Å². The zero-order valence-electron chi connectivity index (χ0n) is 11.7. The summed E-state index contributed by atoms with van der Waals surface area (Å²) in [7, 11) is 0. The second-order valence-corrected chi connectivity index (χ2v) is 5.69. The molecular weight excluding hydrogens is 300 g/mol. The van der Waals surface area contributed by atoms with E-state index in [1.54, 1.807) is 16.7 Å². The first-order valence-corrected chi connectivity index (χ1v) is 7.54. The zero-order valence-corrected chi connectivity index (χ0v) is 12.5. The Labute approximate surface area is 130 Å². The largest absolute Gasteiger partial charge is 0.289 e. The molecule has 6 heteroatoms. The molecule has 110 valence electrons. The molecule has 5 nitrogen and oxygen atoms in total. The smallest absolute Gasteiger partial charge is 0.276 e. The fraction of sp³-hybridized carbons (Fsp3) is 0.188. The SMILES string of the molecule is O=c1[nH]c2nc3c(nn2/c1=C/c1ccccc1Cl)CCCC=3. The lowest BCUT2D eigenvalue weighted by Gasteiger charge is -2.06. The maximum atomic E-state index is 12.2. The molecule has 0 saturated heterocycles. The van der Waals surface area contributed by atoms with Gasteiger partial charge in [-0.25, -0.2) is 4.98 Å². The van der Waals surface area contributed by atoms with Gasteiger partial charge in [-0.15, -0.1) is 0 Å². The Morgan fingerprint density at radius 1 is 1.32 bits per heavy atom. The predicted octanol–water partition coefficient (Wildman–Crippen LogP) is 1.02. The second kappa shape index (κ2) is 5.10. The minimum atomic E-state index is -0.220. The Morgan fingerprint density at radius 3 is 3.05 bits per heavy atom. The van der Waals surface area contributed by atoms with Crippen LogP contribution in [-0.4, -0.2) is 19.6 Å². The summed E-state index contributed by atoms with van der Waals surface area (Å²) in [4.78, 5) is 19.5. The van der Waals surface area contributed by atoms with Gasteiger partial charge in [0, 0.05) is 5.02 Å². The van der Waals surface area contributed by atoms with E-state index in [1.807, 2.05) is 18.2 Å². The van der Waals surface area contributed by atoms with E-state index in [0.29, 0.717) is 16.1 Å².